The van der Waals surface area contributed by atoms with E-state index in [1.54, 1.807) is 0 Å². The Morgan fingerprint density at radius 1 is 1.27 bits per heavy atom. The van der Waals surface area contributed by atoms with Gasteiger partial charge in [-0.3, -0.25) is 4.99 Å². The predicted octanol–water partition coefficient (Wildman–Crippen LogP) is 2.31. The van der Waals surface area contributed by atoms with Crippen molar-refractivity contribution in [1.29, 1.82) is 0 Å². The minimum absolute atomic E-state index is 0. The first kappa shape index (κ1) is 21.6. The van der Waals surface area contributed by atoms with Crippen LogP contribution in [0.1, 0.15) is 12.8 Å². The molecule has 0 bridgehead atoms. The van der Waals surface area contributed by atoms with E-state index in [4.69, 9.17) is 4.74 Å². The number of nitrogens with one attached hydrogen (secondary N) is 1. The van der Waals surface area contributed by atoms with Gasteiger partial charge in [0.05, 0.1) is 0 Å². The molecule has 1 N–H and O–H groups in total. The number of anilines is 1. The van der Waals surface area contributed by atoms with Crippen LogP contribution < -0.4 is 10.2 Å². The molecule has 3 heterocycles. The summed E-state index contributed by atoms with van der Waals surface area (Å²) in [5, 5.41) is 3.62. The van der Waals surface area contributed by atoms with Gasteiger partial charge in [-0.1, -0.05) is 6.07 Å². The molecule has 8 heteroatoms. The summed E-state index contributed by atoms with van der Waals surface area (Å²) < 4.78 is 5.80. The Bertz CT molecular complexity index is 560. The monoisotopic (exact) mass is 491 g/mol. The van der Waals surface area contributed by atoms with Gasteiger partial charge in [-0.05, 0) is 31.2 Å². The zero-order valence-electron chi connectivity index (χ0n) is 15.7. The van der Waals surface area contributed by atoms with Crippen LogP contribution in [0.5, 0.6) is 0 Å². The lowest BCUT2D eigenvalue weighted by molar-refractivity contribution is 0.0781. The van der Waals surface area contributed by atoms with Crippen LogP contribution in [0.2, 0.25) is 0 Å². The molecule has 1 aromatic heterocycles. The van der Waals surface area contributed by atoms with Crippen LogP contribution in [0.4, 0.5) is 5.82 Å². The number of ether oxygens (including phenoxy) is 1. The minimum Gasteiger partial charge on any atom is -0.381 e. The fourth-order valence-electron chi connectivity index (χ4n) is 3.46. The van der Waals surface area contributed by atoms with Crippen LogP contribution in [0.25, 0.3) is 0 Å². The Hall–Kier alpha value is -0.740. The van der Waals surface area contributed by atoms with Crippen LogP contribution in [0.3, 0.4) is 0 Å². The lowest BCUT2D eigenvalue weighted by Gasteiger charge is -2.40. The smallest absolute Gasteiger partial charge is 0.193 e. The molecule has 0 spiro atoms. The lowest BCUT2D eigenvalue weighted by atomic mass is 9.99. The molecule has 26 heavy (non-hydrogen) atoms. The number of piperazine rings is 1. The fraction of sp³-hybridized carbons (Fsp3) is 0.667. The van der Waals surface area contributed by atoms with Gasteiger partial charge in [-0.2, -0.15) is 11.8 Å². The van der Waals surface area contributed by atoms with Crippen molar-refractivity contribution in [2.45, 2.75) is 17.6 Å². The van der Waals surface area contributed by atoms with Gasteiger partial charge in [0, 0.05) is 63.9 Å². The van der Waals surface area contributed by atoms with Gasteiger partial charge in [-0.15, -0.1) is 24.0 Å². The van der Waals surface area contributed by atoms with Crippen molar-refractivity contribution in [2.24, 2.45) is 4.99 Å². The number of aromatic nitrogens is 1. The first-order chi connectivity index (χ1) is 12.3. The van der Waals surface area contributed by atoms with Crippen molar-refractivity contribution in [3.8, 4) is 0 Å². The number of aliphatic imine (C=N–C) groups is 1. The van der Waals surface area contributed by atoms with E-state index < -0.39 is 0 Å². The van der Waals surface area contributed by atoms with E-state index in [9.17, 15) is 0 Å². The number of thioether (sulfide) groups is 1. The SMILES string of the molecule is CN=C(NCC1(SC)CCOCC1)N1CCN(c2ccccn2)CC1.I. The zero-order chi connectivity index (χ0) is 17.5. The number of halogens is 1. The van der Waals surface area contributed by atoms with Crippen LogP contribution in [0, 0.1) is 0 Å². The molecule has 146 valence electrons. The molecule has 2 fully saturated rings. The second kappa shape index (κ2) is 10.6. The Labute approximate surface area is 178 Å². The molecular weight excluding hydrogens is 461 g/mol. The van der Waals surface area contributed by atoms with Crippen LogP contribution in [-0.2, 0) is 4.74 Å². The third kappa shape index (κ3) is 5.39. The highest BCUT2D eigenvalue weighted by molar-refractivity contribution is 14.0. The maximum Gasteiger partial charge on any atom is 0.193 e. The average Bonchev–Trinajstić information content (AvgIpc) is 2.70. The topological polar surface area (TPSA) is 53.0 Å². The van der Waals surface area contributed by atoms with Gasteiger partial charge in [0.25, 0.3) is 0 Å². The molecule has 2 aliphatic rings. The molecule has 2 aliphatic heterocycles. The Morgan fingerprint density at radius 3 is 2.58 bits per heavy atom. The van der Waals surface area contributed by atoms with E-state index in [1.807, 2.05) is 37.1 Å². The Kier molecular flexibility index (Phi) is 8.75. The summed E-state index contributed by atoms with van der Waals surface area (Å²) in [7, 11) is 1.88. The number of guanidine groups is 1. The highest BCUT2D eigenvalue weighted by Gasteiger charge is 2.32. The summed E-state index contributed by atoms with van der Waals surface area (Å²) in [6.45, 7) is 6.55. The van der Waals surface area contributed by atoms with Crippen molar-refractivity contribution < 1.29 is 4.74 Å². The number of pyridine rings is 1. The molecule has 0 amide bonds. The van der Waals surface area contributed by atoms with E-state index >= 15 is 0 Å². The molecule has 1 aromatic rings. The van der Waals surface area contributed by atoms with Crippen molar-refractivity contribution in [3.63, 3.8) is 0 Å². The van der Waals surface area contributed by atoms with E-state index in [2.05, 4.69) is 37.4 Å². The lowest BCUT2D eigenvalue weighted by Crippen LogP contribution is -2.55. The molecule has 6 nitrogen and oxygen atoms in total. The van der Waals surface area contributed by atoms with Gasteiger partial charge in [-0.25, -0.2) is 4.98 Å². The average molecular weight is 491 g/mol. The molecule has 0 unspecified atom stereocenters. The number of hydrogen-bond donors (Lipinski definition) is 1. The van der Waals surface area contributed by atoms with Crippen LogP contribution in [0.15, 0.2) is 29.4 Å². The van der Waals surface area contributed by atoms with Crippen LogP contribution >= 0.6 is 35.7 Å². The molecule has 3 rings (SSSR count). The highest BCUT2D eigenvalue weighted by atomic mass is 127. The summed E-state index contributed by atoms with van der Waals surface area (Å²) >= 11 is 1.96. The highest BCUT2D eigenvalue weighted by Crippen LogP contribution is 2.33. The second-order valence-corrected chi connectivity index (χ2v) is 7.84. The van der Waals surface area contributed by atoms with Gasteiger partial charge in [0.15, 0.2) is 5.96 Å². The van der Waals surface area contributed by atoms with Crippen molar-refractivity contribution in [1.82, 2.24) is 15.2 Å². The summed E-state index contributed by atoms with van der Waals surface area (Å²) in [6.07, 6.45) is 6.27. The van der Waals surface area contributed by atoms with E-state index in [-0.39, 0.29) is 28.7 Å². The van der Waals surface area contributed by atoms with Gasteiger partial charge < -0.3 is 19.9 Å². The largest absolute Gasteiger partial charge is 0.381 e. The first-order valence-corrected chi connectivity index (χ1v) is 10.2. The molecule has 0 aliphatic carbocycles. The second-order valence-electron chi connectivity index (χ2n) is 6.56. The molecular formula is C18H30IN5OS. The number of hydrogen-bond acceptors (Lipinski definition) is 5. The Balaban J connectivity index is 0.00000243. The fourth-order valence-corrected chi connectivity index (χ4v) is 4.25. The molecule has 0 aromatic carbocycles. The molecule has 0 radical (unpaired) electrons. The maximum atomic E-state index is 5.54. The van der Waals surface area contributed by atoms with E-state index in [0.717, 1.165) is 70.6 Å². The third-order valence-electron chi connectivity index (χ3n) is 5.17. The van der Waals surface area contributed by atoms with Crippen LogP contribution in [-0.4, -0.2) is 79.8 Å². The van der Waals surface area contributed by atoms with Crippen molar-refractivity contribution >= 4 is 47.5 Å². The number of rotatable bonds is 4. The zero-order valence-corrected chi connectivity index (χ0v) is 18.8. The quantitative estimate of drug-likeness (QED) is 0.397. The van der Waals surface area contributed by atoms with Gasteiger partial charge in [0.2, 0.25) is 0 Å². The minimum atomic E-state index is 0. The van der Waals surface area contributed by atoms with Crippen molar-refractivity contribution in [3.05, 3.63) is 24.4 Å². The first-order valence-electron chi connectivity index (χ1n) is 9.01. The summed E-state index contributed by atoms with van der Waals surface area (Å²) in [5.41, 5.74) is 0. The number of nitrogens with zero attached hydrogens (tertiary/aromatic N) is 4. The molecule has 0 saturated carbocycles. The maximum absolute atomic E-state index is 5.54. The van der Waals surface area contributed by atoms with Gasteiger partial charge >= 0.3 is 0 Å². The Morgan fingerprint density at radius 2 is 2.00 bits per heavy atom. The standard InChI is InChI=1S/C18H29N5OS.HI/c1-19-17(21-15-18(25-2)6-13-24-14-7-18)23-11-9-22(10-12-23)16-5-3-4-8-20-16;/h3-5,8H,6-7,9-15H2,1-2H3,(H,19,21);1H. The van der Waals surface area contributed by atoms with Gasteiger partial charge in [0.1, 0.15) is 5.82 Å². The summed E-state index contributed by atoms with van der Waals surface area (Å²) in [4.78, 5) is 13.7. The van der Waals surface area contributed by atoms with E-state index in [1.165, 1.54) is 0 Å². The normalized spacial score (nSPS) is 20.5. The third-order valence-corrected chi connectivity index (χ3v) is 6.59. The molecule has 2 saturated heterocycles. The summed E-state index contributed by atoms with van der Waals surface area (Å²) in [5.74, 6) is 2.08. The van der Waals surface area contributed by atoms with Crippen molar-refractivity contribution in [2.75, 3.05) is 64.1 Å². The summed E-state index contributed by atoms with van der Waals surface area (Å²) in [6, 6.07) is 6.09. The predicted molar refractivity (Wildman–Crippen MR) is 121 cm³/mol. The van der Waals surface area contributed by atoms with E-state index in [0.29, 0.717) is 0 Å². The molecule has 0 atom stereocenters.